The topological polar surface area (TPSA) is 88.4 Å². The maximum Gasteiger partial charge on any atom is 0.335 e. The van der Waals surface area contributed by atoms with Crippen molar-refractivity contribution in [3.05, 3.63) is 56.0 Å². The Morgan fingerprint density at radius 2 is 1.90 bits per heavy atom. The van der Waals surface area contributed by atoms with E-state index < -0.39 is 5.97 Å². The first-order chi connectivity index (χ1) is 13.8. The normalized spacial score (nSPS) is 16.6. The molecule has 1 N–H and O–H groups in total. The molecule has 1 aliphatic heterocycles. The van der Waals surface area contributed by atoms with E-state index in [0.717, 1.165) is 9.13 Å². The van der Waals surface area contributed by atoms with E-state index in [9.17, 15) is 9.59 Å². The van der Waals surface area contributed by atoms with Gasteiger partial charge in [0.05, 0.1) is 33.9 Å². The smallest absolute Gasteiger partial charge is 0.335 e. The van der Waals surface area contributed by atoms with E-state index in [1.54, 1.807) is 39.5 Å². The zero-order valence-corrected chi connectivity index (χ0v) is 18.8. The van der Waals surface area contributed by atoms with Crippen LogP contribution in [0.4, 0.5) is 5.69 Å². The van der Waals surface area contributed by atoms with Crippen molar-refractivity contribution in [2.45, 2.75) is 0 Å². The summed E-state index contributed by atoms with van der Waals surface area (Å²) < 4.78 is 11.6. The maximum absolute atomic E-state index is 12.6. The third-order valence-corrected chi connectivity index (χ3v) is 5.96. The third-order valence-electron chi connectivity index (χ3n) is 4.10. The first kappa shape index (κ1) is 21.2. The monoisotopic (exact) mass is 524 g/mol. The Morgan fingerprint density at radius 1 is 1.21 bits per heavy atom. The predicted octanol–water partition coefficient (Wildman–Crippen LogP) is 4.24. The van der Waals surface area contributed by atoms with Gasteiger partial charge in [-0.1, -0.05) is 0 Å². The molecule has 3 rings (SSSR count). The molecule has 1 fully saturated rings. The number of nitrogens with zero attached hydrogens (tertiary/aromatic N) is 2. The lowest BCUT2D eigenvalue weighted by molar-refractivity contribution is -0.121. The highest BCUT2D eigenvalue weighted by Crippen LogP contribution is 2.37. The minimum Gasteiger partial charge on any atom is -0.493 e. The molecule has 1 heterocycles. The summed E-state index contributed by atoms with van der Waals surface area (Å²) in [6, 6.07) is 9.88. The van der Waals surface area contributed by atoms with Gasteiger partial charge in [-0.3, -0.25) is 9.69 Å². The minimum atomic E-state index is -0.999. The third kappa shape index (κ3) is 4.56. The Labute approximate surface area is 185 Å². The summed E-state index contributed by atoms with van der Waals surface area (Å²) in [4.78, 5) is 30.1. The van der Waals surface area contributed by atoms with Crippen molar-refractivity contribution in [2.75, 3.05) is 21.3 Å². The first-order valence-corrected chi connectivity index (χ1v) is 10.2. The van der Waals surface area contributed by atoms with Gasteiger partial charge in [-0.05, 0) is 82.4 Å². The van der Waals surface area contributed by atoms with E-state index in [2.05, 4.69) is 27.6 Å². The molecule has 9 heteroatoms. The van der Waals surface area contributed by atoms with E-state index in [0.29, 0.717) is 27.3 Å². The average Bonchev–Trinajstić information content (AvgIpc) is 2.95. The summed E-state index contributed by atoms with van der Waals surface area (Å²) in [5.74, 6) is 0.0644. The van der Waals surface area contributed by atoms with Crippen LogP contribution >= 0.6 is 34.4 Å². The van der Waals surface area contributed by atoms with Gasteiger partial charge in [0.15, 0.2) is 16.7 Å². The molecule has 150 valence electrons. The number of benzene rings is 2. The maximum atomic E-state index is 12.6. The number of carbonyl (C=O) groups excluding carboxylic acids is 1. The Morgan fingerprint density at radius 3 is 2.48 bits per heavy atom. The highest BCUT2D eigenvalue weighted by Gasteiger charge is 2.30. The van der Waals surface area contributed by atoms with Gasteiger partial charge in [0.1, 0.15) is 0 Å². The van der Waals surface area contributed by atoms with E-state index in [1.165, 1.54) is 28.8 Å². The molecule has 2 aromatic carbocycles. The lowest BCUT2D eigenvalue weighted by Gasteiger charge is -2.10. The van der Waals surface area contributed by atoms with Gasteiger partial charge in [0, 0.05) is 7.05 Å². The van der Waals surface area contributed by atoms with Gasteiger partial charge in [-0.2, -0.15) is 0 Å². The van der Waals surface area contributed by atoms with E-state index in [4.69, 9.17) is 14.6 Å². The molecule has 0 saturated carbocycles. The van der Waals surface area contributed by atoms with Crippen LogP contribution in [0.1, 0.15) is 15.9 Å². The number of aromatic carboxylic acids is 1. The van der Waals surface area contributed by atoms with Crippen LogP contribution < -0.4 is 9.47 Å². The zero-order chi connectivity index (χ0) is 21.1. The fraction of sp³-hybridized carbons (Fsp3) is 0.150. The highest BCUT2D eigenvalue weighted by molar-refractivity contribution is 14.1. The molecule has 1 aliphatic rings. The second-order valence-corrected chi connectivity index (χ2v) is 8.13. The second-order valence-electron chi connectivity index (χ2n) is 5.96. The molecule has 0 unspecified atom stereocenters. The van der Waals surface area contributed by atoms with E-state index >= 15 is 0 Å². The lowest BCUT2D eigenvalue weighted by Crippen LogP contribution is -2.23. The lowest BCUT2D eigenvalue weighted by atomic mass is 10.2. The number of halogens is 1. The number of rotatable bonds is 5. The molecule has 1 saturated heterocycles. The summed E-state index contributed by atoms with van der Waals surface area (Å²) in [5, 5.41) is 9.50. The van der Waals surface area contributed by atoms with E-state index in [1.807, 2.05) is 12.1 Å². The summed E-state index contributed by atoms with van der Waals surface area (Å²) >= 11 is 3.41. The second kappa shape index (κ2) is 8.87. The zero-order valence-electron chi connectivity index (χ0n) is 15.8. The molecule has 0 bridgehead atoms. The van der Waals surface area contributed by atoms with Crippen LogP contribution in [-0.2, 0) is 4.79 Å². The molecule has 7 nitrogen and oxygen atoms in total. The summed E-state index contributed by atoms with van der Waals surface area (Å²) in [7, 11) is 4.79. The van der Waals surface area contributed by atoms with Crippen molar-refractivity contribution in [3.8, 4) is 11.5 Å². The number of thioether (sulfide) groups is 1. The summed E-state index contributed by atoms with van der Waals surface area (Å²) in [6.07, 6.45) is 1.78. The fourth-order valence-corrected chi connectivity index (χ4v) is 4.45. The molecule has 2 aromatic rings. The number of aliphatic imine (C=N–C) groups is 1. The number of amidine groups is 1. The largest absolute Gasteiger partial charge is 0.493 e. The van der Waals surface area contributed by atoms with Gasteiger partial charge in [0.2, 0.25) is 0 Å². The summed E-state index contributed by atoms with van der Waals surface area (Å²) in [5.41, 5.74) is 1.56. The highest BCUT2D eigenvalue weighted by atomic mass is 127. The number of carboxylic acid groups (broad SMARTS) is 1. The molecule has 0 spiro atoms. The average molecular weight is 524 g/mol. The van der Waals surface area contributed by atoms with Crippen molar-refractivity contribution in [1.29, 1.82) is 0 Å². The van der Waals surface area contributed by atoms with Crippen molar-refractivity contribution >= 4 is 63.2 Å². The van der Waals surface area contributed by atoms with Crippen LogP contribution in [0.5, 0.6) is 11.5 Å². The molecule has 0 radical (unpaired) electrons. The minimum absolute atomic E-state index is 0.166. The summed E-state index contributed by atoms with van der Waals surface area (Å²) in [6.45, 7) is 0. The van der Waals surface area contributed by atoms with Gasteiger partial charge >= 0.3 is 5.97 Å². The van der Waals surface area contributed by atoms with Crippen molar-refractivity contribution in [2.24, 2.45) is 4.99 Å². The molecular formula is C20H17IN2O5S. The molecular weight excluding hydrogens is 507 g/mol. The number of amides is 1. The Bertz CT molecular complexity index is 1030. The first-order valence-electron chi connectivity index (χ1n) is 8.35. The molecule has 29 heavy (non-hydrogen) atoms. The number of ether oxygens (including phenoxy) is 2. The van der Waals surface area contributed by atoms with Crippen LogP contribution in [0.2, 0.25) is 0 Å². The molecule has 0 aromatic heterocycles. The van der Waals surface area contributed by atoms with Crippen LogP contribution in [-0.4, -0.2) is 48.3 Å². The van der Waals surface area contributed by atoms with Crippen LogP contribution in [0.25, 0.3) is 6.08 Å². The Hall–Kier alpha value is -2.53. The van der Waals surface area contributed by atoms with Gasteiger partial charge < -0.3 is 14.6 Å². The van der Waals surface area contributed by atoms with Gasteiger partial charge in [0.25, 0.3) is 5.91 Å². The van der Waals surface area contributed by atoms with Crippen molar-refractivity contribution < 1.29 is 24.2 Å². The molecule has 0 atom stereocenters. The Balaban J connectivity index is 1.90. The fourth-order valence-electron chi connectivity index (χ4n) is 2.61. The van der Waals surface area contributed by atoms with Crippen LogP contribution in [0.3, 0.4) is 0 Å². The number of methoxy groups -OCH3 is 2. The van der Waals surface area contributed by atoms with E-state index in [-0.39, 0.29) is 11.5 Å². The van der Waals surface area contributed by atoms with Crippen molar-refractivity contribution in [3.63, 3.8) is 0 Å². The SMILES string of the molecule is COc1cc(/C=C2\SC(=Nc3ccc(C(=O)O)cc3)N(C)C2=O)cc(I)c1OC. The standard InChI is InChI=1S/C20H17IN2O5S/c1-23-18(24)16(10-11-8-14(21)17(28-3)15(9-11)27-2)29-20(23)22-13-6-4-12(5-7-13)19(25)26/h4-10H,1-3H3,(H,25,26)/b16-10-,22-20?. The van der Waals surface area contributed by atoms with Crippen LogP contribution in [0, 0.1) is 3.57 Å². The molecule has 1 amide bonds. The number of carbonyl (C=O) groups is 2. The number of hydrogen-bond donors (Lipinski definition) is 1. The van der Waals surface area contributed by atoms with Crippen molar-refractivity contribution in [1.82, 2.24) is 4.90 Å². The number of carboxylic acids is 1. The quantitative estimate of drug-likeness (QED) is 0.465. The Kier molecular flexibility index (Phi) is 6.48. The van der Waals surface area contributed by atoms with Gasteiger partial charge in [-0.15, -0.1) is 0 Å². The van der Waals surface area contributed by atoms with Crippen LogP contribution in [0.15, 0.2) is 46.3 Å². The number of likely N-dealkylation sites (N-methyl/N-ethyl adjacent to an activating group) is 1. The molecule has 0 aliphatic carbocycles. The number of hydrogen-bond acceptors (Lipinski definition) is 6. The van der Waals surface area contributed by atoms with Gasteiger partial charge in [-0.25, -0.2) is 9.79 Å². The predicted molar refractivity (Wildman–Crippen MR) is 121 cm³/mol.